The smallest absolute Gasteiger partial charge is 0.243 e. The summed E-state index contributed by atoms with van der Waals surface area (Å²) >= 11 is 0. The average Bonchev–Trinajstić information content (AvgIpc) is 3.31. The summed E-state index contributed by atoms with van der Waals surface area (Å²) in [4.78, 5) is 15.0. The molecule has 1 aliphatic rings. The molecule has 1 aliphatic heterocycles. The number of rotatable bonds is 4. The molecule has 6 nitrogen and oxygen atoms in total. The van der Waals surface area contributed by atoms with E-state index in [-0.39, 0.29) is 6.04 Å². The minimum Gasteiger partial charge on any atom is -0.342 e. The number of piperidine rings is 1. The molecule has 6 heteroatoms. The van der Waals surface area contributed by atoms with Crippen molar-refractivity contribution in [3.8, 4) is 11.3 Å². The maximum Gasteiger partial charge on any atom is 0.243 e. The monoisotopic (exact) mass is 337 g/mol. The summed E-state index contributed by atoms with van der Waals surface area (Å²) in [6, 6.07) is 10.5. The number of aryl methyl sites for hydroxylation is 1. The van der Waals surface area contributed by atoms with E-state index in [2.05, 4.69) is 44.1 Å². The molecule has 1 saturated heterocycles. The van der Waals surface area contributed by atoms with E-state index >= 15 is 0 Å². The second-order valence-electron chi connectivity index (χ2n) is 6.74. The fourth-order valence-electron chi connectivity index (χ4n) is 3.53. The van der Waals surface area contributed by atoms with Gasteiger partial charge in [-0.3, -0.25) is 4.90 Å². The minimum absolute atomic E-state index is 0.132. The average molecular weight is 337 g/mol. The number of likely N-dealkylation sites (tertiary alicyclic amines) is 1. The zero-order valence-corrected chi connectivity index (χ0v) is 14.6. The van der Waals surface area contributed by atoms with E-state index in [1.807, 2.05) is 31.3 Å². The Morgan fingerprint density at radius 2 is 2.12 bits per heavy atom. The number of benzene rings is 1. The second-order valence-corrected chi connectivity index (χ2v) is 6.74. The Labute approximate surface area is 147 Å². The van der Waals surface area contributed by atoms with E-state index in [0.29, 0.717) is 17.6 Å². The Morgan fingerprint density at radius 3 is 2.88 bits per heavy atom. The molecule has 0 spiro atoms. The number of nitrogens with one attached hydrogen (secondary N) is 1. The molecule has 2 aromatic heterocycles. The summed E-state index contributed by atoms with van der Waals surface area (Å²) in [5.41, 5.74) is 2.25. The Morgan fingerprint density at radius 1 is 1.28 bits per heavy atom. The minimum atomic E-state index is 0.132. The lowest BCUT2D eigenvalue weighted by Gasteiger charge is -2.34. The van der Waals surface area contributed by atoms with Crippen LogP contribution in [-0.2, 0) is 0 Å². The van der Waals surface area contributed by atoms with Crippen molar-refractivity contribution in [2.45, 2.75) is 38.6 Å². The van der Waals surface area contributed by atoms with Crippen molar-refractivity contribution < 1.29 is 4.52 Å². The summed E-state index contributed by atoms with van der Waals surface area (Å²) in [6.45, 7) is 5.98. The van der Waals surface area contributed by atoms with E-state index in [4.69, 9.17) is 4.52 Å². The largest absolute Gasteiger partial charge is 0.342 e. The zero-order chi connectivity index (χ0) is 17.2. The first-order chi connectivity index (χ1) is 12.2. The van der Waals surface area contributed by atoms with E-state index in [0.717, 1.165) is 37.4 Å². The number of H-pyrrole nitrogens is 1. The van der Waals surface area contributed by atoms with E-state index in [1.165, 1.54) is 5.56 Å². The molecule has 4 rings (SSSR count). The molecule has 0 radical (unpaired) electrons. The Balaban J connectivity index is 1.49. The molecule has 1 fully saturated rings. The quantitative estimate of drug-likeness (QED) is 0.786. The molecule has 0 amide bonds. The van der Waals surface area contributed by atoms with Gasteiger partial charge in [-0.15, -0.1) is 0 Å². The maximum atomic E-state index is 5.36. The predicted octanol–water partition coefficient (Wildman–Crippen LogP) is 3.71. The highest BCUT2D eigenvalue weighted by atomic mass is 16.5. The van der Waals surface area contributed by atoms with E-state index in [1.54, 1.807) is 0 Å². The van der Waals surface area contributed by atoms with Gasteiger partial charge in [0.05, 0.1) is 17.9 Å². The first kappa shape index (κ1) is 16.0. The van der Waals surface area contributed by atoms with Gasteiger partial charge in [0, 0.05) is 12.5 Å². The summed E-state index contributed by atoms with van der Waals surface area (Å²) in [7, 11) is 0. The molecular weight excluding hydrogens is 314 g/mol. The molecule has 0 saturated carbocycles. The van der Waals surface area contributed by atoms with Crippen molar-refractivity contribution in [3.05, 3.63) is 54.1 Å². The summed E-state index contributed by atoms with van der Waals surface area (Å²) in [5, 5.41) is 3.92. The number of aromatic nitrogens is 4. The van der Waals surface area contributed by atoms with Crippen molar-refractivity contribution in [1.82, 2.24) is 25.0 Å². The normalized spacial score (nSPS) is 19.8. The topological polar surface area (TPSA) is 70.8 Å². The number of hydrogen-bond acceptors (Lipinski definition) is 5. The Hall–Kier alpha value is -2.47. The van der Waals surface area contributed by atoms with Crippen LogP contribution >= 0.6 is 0 Å². The van der Waals surface area contributed by atoms with Gasteiger partial charge in [-0.05, 0) is 38.8 Å². The molecule has 1 aromatic carbocycles. The number of aromatic amines is 1. The molecule has 2 atom stereocenters. The van der Waals surface area contributed by atoms with Gasteiger partial charge >= 0.3 is 0 Å². The van der Waals surface area contributed by atoms with Gasteiger partial charge in [0.1, 0.15) is 5.82 Å². The van der Waals surface area contributed by atoms with E-state index in [9.17, 15) is 0 Å². The van der Waals surface area contributed by atoms with Gasteiger partial charge in [0.25, 0.3) is 0 Å². The van der Waals surface area contributed by atoms with Crippen molar-refractivity contribution in [2.75, 3.05) is 13.1 Å². The maximum absolute atomic E-state index is 5.36. The molecule has 25 heavy (non-hydrogen) atoms. The van der Waals surface area contributed by atoms with Crippen LogP contribution in [0.4, 0.5) is 0 Å². The van der Waals surface area contributed by atoms with Gasteiger partial charge in [0.2, 0.25) is 5.89 Å². The number of imidazole rings is 1. The molecule has 2 unspecified atom stereocenters. The van der Waals surface area contributed by atoms with Crippen LogP contribution in [-0.4, -0.2) is 38.1 Å². The lowest BCUT2D eigenvalue weighted by atomic mass is 9.96. The van der Waals surface area contributed by atoms with Crippen molar-refractivity contribution in [2.24, 2.45) is 0 Å². The predicted molar refractivity (Wildman–Crippen MR) is 95.0 cm³/mol. The van der Waals surface area contributed by atoms with Crippen molar-refractivity contribution >= 4 is 0 Å². The Bertz CT molecular complexity index is 825. The summed E-state index contributed by atoms with van der Waals surface area (Å²) in [5.74, 6) is 2.85. The standard InChI is InChI=1S/C19H23N5O/c1-13(19-21-14(2)23-25-19)24-10-6-9-16(12-24)18-20-11-17(22-18)15-7-4-3-5-8-15/h3-5,7-8,11,13,16H,6,9-10,12H2,1-2H3,(H,20,22). The molecule has 0 bridgehead atoms. The highest BCUT2D eigenvalue weighted by molar-refractivity contribution is 5.58. The van der Waals surface area contributed by atoms with Crippen LogP contribution in [0.1, 0.15) is 49.3 Å². The fraction of sp³-hybridized carbons (Fsp3) is 0.421. The number of nitrogens with zero attached hydrogens (tertiary/aromatic N) is 4. The molecule has 0 aliphatic carbocycles. The fourth-order valence-corrected chi connectivity index (χ4v) is 3.53. The van der Waals surface area contributed by atoms with Gasteiger partial charge in [-0.1, -0.05) is 35.5 Å². The van der Waals surface area contributed by atoms with Crippen LogP contribution in [0.3, 0.4) is 0 Å². The summed E-state index contributed by atoms with van der Waals surface area (Å²) < 4.78 is 5.36. The Kier molecular flexibility index (Phi) is 4.36. The summed E-state index contributed by atoms with van der Waals surface area (Å²) in [6.07, 6.45) is 4.23. The van der Waals surface area contributed by atoms with Crippen LogP contribution < -0.4 is 0 Å². The SMILES string of the molecule is Cc1noc(C(C)N2CCCC(c3ncc(-c4ccccc4)[nH]3)C2)n1. The molecule has 3 aromatic rings. The van der Waals surface area contributed by atoms with Gasteiger partial charge in [0.15, 0.2) is 5.82 Å². The first-order valence-electron chi connectivity index (χ1n) is 8.85. The van der Waals surface area contributed by atoms with E-state index < -0.39 is 0 Å². The number of hydrogen-bond donors (Lipinski definition) is 1. The lowest BCUT2D eigenvalue weighted by Crippen LogP contribution is -2.36. The molecule has 1 N–H and O–H groups in total. The van der Waals surface area contributed by atoms with Gasteiger partial charge in [-0.2, -0.15) is 4.98 Å². The third kappa shape index (κ3) is 3.35. The highest BCUT2D eigenvalue weighted by Crippen LogP contribution is 2.31. The van der Waals surface area contributed by atoms with Gasteiger partial charge < -0.3 is 9.51 Å². The third-order valence-corrected chi connectivity index (χ3v) is 4.97. The van der Waals surface area contributed by atoms with Crippen LogP contribution in [0.25, 0.3) is 11.3 Å². The zero-order valence-electron chi connectivity index (χ0n) is 14.6. The highest BCUT2D eigenvalue weighted by Gasteiger charge is 2.29. The van der Waals surface area contributed by atoms with Crippen molar-refractivity contribution in [1.29, 1.82) is 0 Å². The van der Waals surface area contributed by atoms with Crippen LogP contribution in [0.2, 0.25) is 0 Å². The molecule has 3 heterocycles. The van der Waals surface area contributed by atoms with Crippen LogP contribution in [0, 0.1) is 6.92 Å². The second kappa shape index (κ2) is 6.80. The van der Waals surface area contributed by atoms with Crippen LogP contribution in [0.5, 0.6) is 0 Å². The lowest BCUT2D eigenvalue weighted by molar-refractivity contribution is 0.131. The van der Waals surface area contributed by atoms with Crippen molar-refractivity contribution in [3.63, 3.8) is 0 Å². The van der Waals surface area contributed by atoms with Crippen LogP contribution in [0.15, 0.2) is 41.1 Å². The molecule has 130 valence electrons. The molecular formula is C19H23N5O. The first-order valence-corrected chi connectivity index (χ1v) is 8.85. The third-order valence-electron chi connectivity index (χ3n) is 4.97. The van der Waals surface area contributed by atoms with Gasteiger partial charge in [-0.25, -0.2) is 4.98 Å².